The number of nitrogens with zero attached hydrogens (tertiary/aromatic N) is 5. The van der Waals surface area contributed by atoms with Crippen LogP contribution in [-0.2, 0) is 10.2 Å². The minimum absolute atomic E-state index is 0.0694. The number of rotatable bonds is 5. The van der Waals surface area contributed by atoms with Gasteiger partial charge in [0.1, 0.15) is 5.02 Å². The molecule has 0 amide bonds. The van der Waals surface area contributed by atoms with E-state index in [1.807, 2.05) is 6.07 Å². The van der Waals surface area contributed by atoms with E-state index in [0.29, 0.717) is 24.1 Å². The first kappa shape index (κ1) is 21.1. The van der Waals surface area contributed by atoms with Crippen molar-refractivity contribution in [2.45, 2.75) is 37.8 Å². The van der Waals surface area contributed by atoms with Gasteiger partial charge in [0.05, 0.1) is 34.6 Å². The number of halogens is 2. The molecule has 2 aromatic rings. The highest BCUT2D eigenvalue weighted by Crippen LogP contribution is 2.36. The van der Waals surface area contributed by atoms with Crippen LogP contribution in [0.15, 0.2) is 35.3 Å². The van der Waals surface area contributed by atoms with E-state index in [-0.39, 0.29) is 35.2 Å². The highest BCUT2D eigenvalue weighted by Gasteiger charge is 2.42. The first-order chi connectivity index (χ1) is 14.3. The van der Waals surface area contributed by atoms with E-state index in [1.54, 1.807) is 24.3 Å². The molecule has 4 rings (SSSR count). The van der Waals surface area contributed by atoms with Gasteiger partial charge in [-0.05, 0) is 49.9 Å². The molecule has 1 aromatic heterocycles. The molecule has 158 valence electrons. The summed E-state index contributed by atoms with van der Waals surface area (Å²) in [6.07, 6.45) is 3.82. The molecule has 1 aromatic carbocycles. The Morgan fingerprint density at radius 3 is 2.30 bits per heavy atom. The number of hydrogen-bond acceptors (Lipinski definition) is 5. The van der Waals surface area contributed by atoms with Crippen molar-refractivity contribution in [1.82, 2.24) is 14.1 Å². The quantitative estimate of drug-likeness (QED) is 0.672. The smallest absolute Gasteiger partial charge is 0.266 e. The maximum atomic E-state index is 13.4. The van der Waals surface area contributed by atoms with Gasteiger partial charge < -0.3 is 0 Å². The number of benzene rings is 1. The Balaban J connectivity index is 1.53. The number of nitriles is 1. The molecule has 2 aliphatic rings. The SMILES string of the molecule is N#Cc1ccc(N(C2CC2)S(=O)(=O)N2CCC(n3ncc(Cl)c(Cl)c3=O)CC2)cc1. The van der Waals surface area contributed by atoms with E-state index in [1.165, 1.54) is 19.5 Å². The zero-order valence-electron chi connectivity index (χ0n) is 15.9. The average molecular weight is 468 g/mol. The second-order valence-electron chi connectivity index (χ2n) is 7.38. The summed E-state index contributed by atoms with van der Waals surface area (Å²) < 4.78 is 31.0. The van der Waals surface area contributed by atoms with Crippen LogP contribution < -0.4 is 9.86 Å². The number of hydrogen-bond donors (Lipinski definition) is 0. The lowest BCUT2D eigenvalue weighted by Gasteiger charge is -2.36. The van der Waals surface area contributed by atoms with Crippen LogP contribution in [0.25, 0.3) is 0 Å². The summed E-state index contributed by atoms with van der Waals surface area (Å²) in [6.45, 7) is 0.529. The predicted octanol–water partition coefficient (Wildman–Crippen LogP) is 2.97. The van der Waals surface area contributed by atoms with Crippen molar-refractivity contribution in [3.05, 3.63) is 56.4 Å². The third-order valence-corrected chi connectivity index (χ3v) is 8.15. The topological polar surface area (TPSA) is 99.3 Å². The molecule has 1 aliphatic carbocycles. The molecule has 2 heterocycles. The molecule has 0 N–H and O–H groups in total. The minimum Gasteiger partial charge on any atom is -0.266 e. The number of aromatic nitrogens is 2. The van der Waals surface area contributed by atoms with Gasteiger partial charge in [-0.25, -0.2) is 4.68 Å². The summed E-state index contributed by atoms with van der Waals surface area (Å²) in [7, 11) is -3.74. The fraction of sp³-hybridized carbons (Fsp3) is 0.421. The van der Waals surface area contributed by atoms with Gasteiger partial charge in [-0.1, -0.05) is 23.2 Å². The lowest BCUT2D eigenvalue weighted by atomic mass is 10.1. The molecule has 2 fully saturated rings. The van der Waals surface area contributed by atoms with E-state index in [2.05, 4.69) is 5.10 Å². The van der Waals surface area contributed by atoms with Crippen LogP contribution in [0.5, 0.6) is 0 Å². The molecular formula is C19H19Cl2N5O3S. The van der Waals surface area contributed by atoms with Crippen LogP contribution in [0.4, 0.5) is 5.69 Å². The van der Waals surface area contributed by atoms with Crippen LogP contribution in [0, 0.1) is 11.3 Å². The van der Waals surface area contributed by atoms with Crippen LogP contribution in [0.3, 0.4) is 0 Å². The van der Waals surface area contributed by atoms with Gasteiger partial charge in [-0.3, -0.25) is 9.10 Å². The van der Waals surface area contributed by atoms with Crippen molar-refractivity contribution in [3.63, 3.8) is 0 Å². The van der Waals surface area contributed by atoms with E-state index in [4.69, 9.17) is 28.5 Å². The van der Waals surface area contributed by atoms with Gasteiger partial charge in [-0.2, -0.15) is 23.1 Å². The largest absolute Gasteiger partial charge is 0.304 e. The maximum absolute atomic E-state index is 13.4. The summed E-state index contributed by atoms with van der Waals surface area (Å²) in [4.78, 5) is 12.3. The Kier molecular flexibility index (Phi) is 5.77. The second-order valence-corrected chi connectivity index (χ2v) is 9.97. The highest BCUT2D eigenvalue weighted by molar-refractivity contribution is 7.90. The van der Waals surface area contributed by atoms with Gasteiger partial charge in [0, 0.05) is 19.1 Å². The summed E-state index contributed by atoms with van der Waals surface area (Å²) in [5.74, 6) is 0. The fourth-order valence-corrected chi connectivity index (χ4v) is 5.81. The Labute approximate surface area is 184 Å². The van der Waals surface area contributed by atoms with Crippen LogP contribution in [-0.4, -0.2) is 41.6 Å². The molecule has 0 radical (unpaired) electrons. The summed E-state index contributed by atoms with van der Waals surface area (Å²) >= 11 is 11.8. The molecular weight excluding hydrogens is 449 g/mol. The monoisotopic (exact) mass is 467 g/mol. The lowest BCUT2D eigenvalue weighted by Crippen LogP contribution is -2.49. The van der Waals surface area contributed by atoms with Crippen molar-refractivity contribution in [3.8, 4) is 6.07 Å². The molecule has 1 aliphatic heterocycles. The third kappa shape index (κ3) is 3.93. The molecule has 0 bridgehead atoms. The van der Waals surface area contributed by atoms with Crippen molar-refractivity contribution in [1.29, 1.82) is 5.26 Å². The third-order valence-electron chi connectivity index (χ3n) is 5.37. The first-order valence-corrected chi connectivity index (χ1v) is 11.7. The zero-order valence-corrected chi connectivity index (χ0v) is 18.2. The maximum Gasteiger partial charge on any atom is 0.304 e. The van der Waals surface area contributed by atoms with E-state index >= 15 is 0 Å². The van der Waals surface area contributed by atoms with Gasteiger partial charge in [0.15, 0.2) is 0 Å². The van der Waals surface area contributed by atoms with Crippen LogP contribution >= 0.6 is 23.2 Å². The predicted molar refractivity (Wildman–Crippen MR) is 114 cm³/mol. The van der Waals surface area contributed by atoms with Gasteiger partial charge in [0.2, 0.25) is 0 Å². The van der Waals surface area contributed by atoms with Crippen molar-refractivity contribution in [2.24, 2.45) is 0 Å². The number of anilines is 1. The lowest BCUT2D eigenvalue weighted by molar-refractivity contribution is 0.254. The Morgan fingerprint density at radius 1 is 1.10 bits per heavy atom. The zero-order chi connectivity index (χ0) is 21.5. The summed E-state index contributed by atoms with van der Waals surface area (Å²) in [6, 6.07) is 8.30. The van der Waals surface area contributed by atoms with Crippen molar-refractivity contribution in [2.75, 3.05) is 17.4 Å². The van der Waals surface area contributed by atoms with Crippen molar-refractivity contribution >= 4 is 39.1 Å². The highest BCUT2D eigenvalue weighted by atomic mass is 35.5. The Morgan fingerprint density at radius 2 is 1.73 bits per heavy atom. The molecule has 1 saturated heterocycles. The van der Waals surface area contributed by atoms with E-state index in [9.17, 15) is 13.2 Å². The second kappa shape index (κ2) is 8.19. The van der Waals surface area contributed by atoms with E-state index < -0.39 is 15.8 Å². The number of piperidine rings is 1. The van der Waals surface area contributed by atoms with Crippen molar-refractivity contribution < 1.29 is 8.42 Å². The van der Waals surface area contributed by atoms with Crippen LogP contribution in [0.1, 0.15) is 37.3 Å². The Bertz CT molecular complexity index is 1150. The molecule has 0 unspecified atom stereocenters. The summed E-state index contributed by atoms with van der Waals surface area (Å²) in [5, 5.41) is 13.1. The average Bonchev–Trinajstić information content (AvgIpc) is 3.58. The standard InChI is InChI=1S/C19H19Cl2N5O3S/c20-17-12-23-25(19(27)18(17)21)14-7-9-24(10-8-14)30(28,29)26(16-5-6-16)15-3-1-13(11-22)2-4-15/h1-4,12,14,16H,5-10H2. The molecule has 0 spiro atoms. The molecule has 30 heavy (non-hydrogen) atoms. The first-order valence-electron chi connectivity index (χ1n) is 9.55. The minimum atomic E-state index is -3.74. The normalized spacial score (nSPS) is 18.2. The molecule has 1 saturated carbocycles. The molecule has 0 atom stereocenters. The fourth-order valence-electron chi connectivity index (χ4n) is 3.65. The van der Waals surface area contributed by atoms with Crippen LogP contribution in [0.2, 0.25) is 10.0 Å². The Hall–Kier alpha value is -2.12. The molecule has 8 nitrogen and oxygen atoms in total. The summed E-state index contributed by atoms with van der Waals surface area (Å²) in [5.41, 5.74) is 0.566. The van der Waals surface area contributed by atoms with Gasteiger partial charge in [-0.15, -0.1) is 0 Å². The van der Waals surface area contributed by atoms with Gasteiger partial charge >= 0.3 is 10.2 Å². The van der Waals surface area contributed by atoms with Gasteiger partial charge in [0.25, 0.3) is 5.56 Å². The molecule has 11 heteroatoms. The van der Waals surface area contributed by atoms with E-state index in [0.717, 1.165) is 12.8 Å².